The topological polar surface area (TPSA) is 15.3 Å². The molecule has 2 rings (SSSR count). The third-order valence-electron chi connectivity index (χ3n) is 3.01. The smallest absolute Gasteiger partial charge is 0.123 e. The van der Waals surface area contributed by atoms with Crippen LogP contribution in [-0.2, 0) is 6.54 Å². The highest BCUT2D eigenvalue weighted by atomic mass is 35.5. The lowest BCUT2D eigenvalue weighted by Crippen LogP contribution is -2.10. The van der Waals surface area contributed by atoms with Crippen molar-refractivity contribution in [3.8, 4) is 0 Å². The molecule has 2 aromatic rings. The fourth-order valence-electron chi connectivity index (χ4n) is 1.89. The molecule has 4 heteroatoms. The molecule has 0 saturated heterocycles. The monoisotopic (exact) mass is 278 g/mol. The van der Waals surface area contributed by atoms with Gasteiger partial charge >= 0.3 is 0 Å². The van der Waals surface area contributed by atoms with E-state index >= 15 is 0 Å². The third-order valence-corrected chi connectivity index (χ3v) is 3.36. The maximum Gasteiger partial charge on any atom is 0.123 e. The number of hydrogen-bond acceptors (Lipinski definition) is 2. The summed E-state index contributed by atoms with van der Waals surface area (Å²) in [5.41, 5.74) is 2.94. The number of benzene rings is 2. The summed E-state index contributed by atoms with van der Waals surface area (Å²) >= 11 is 6.24. The Labute approximate surface area is 117 Å². The number of nitrogens with one attached hydrogen (secondary N) is 1. The average molecular weight is 279 g/mol. The molecule has 0 aliphatic heterocycles. The van der Waals surface area contributed by atoms with Gasteiger partial charge < -0.3 is 10.2 Å². The fourth-order valence-corrected chi connectivity index (χ4v) is 2.13. The summed E-state index contributed by atoms with van der Waals surface area (Å²) < 4.78 is 12.9. The molecule has 2 nitrogen and oxygen atoms in total. The molecule has 0 bridgehead atoms. The van der Waals surface area contributed by atoms with E-state index in [-0.39, 0.29) is 5.82 Å². The van der Waals surface area contributed by atoms with E-state index in [0.29, 0.717) is 0 Å². The Hall–Kier alpha value is -1.58. The molecule has 2 aromatic carbocycles. The van der Waals surface area contributed by atoms with Crippen LogP contribution in [0.4, 0.5) is 15.8 Å². The van der Waals surface area contributed by atoms with Crippen molar-refractivity contribution in [2.75, 3.05) is 19.0 Å². The molecule has 0 unspecified atom stereocenters. The predicted molar refractivity (Wildman–Crippen MR) is 78.7 cm³/mol. The Bertz CT molecular complexity index is 555. The summed E-state index contributed by atoms with van der Waals surface area (Å²) in [5.74, 6) is -0.237. The molecule has 1 N–H and O–H groups in total. The van der Waals surface area contributed by atoms with Crippen molar-refractivity contribution < 1.29 is 4.39 Å². The lowest BCUT2D eigenvalue weighted by molar-refractivity contribution is 0.628. The van der Waals surface area contributed by atoms with Crippen molar-refractivity contribution in [3.63, 3.8) is 0 Å². The van der Waals surface area contributed by atoms with Crippen LogP contribution in [-0.4, -0.2) is 14.1 Å². The van der Waals surface area contributed by atoms with Crippen molar-refractivity contribution in [2.24, 2.45) is 0 Å². The van der Waals surface area contributed by atoms with E-state index < -0.39 is 0 Å². The van der Waals surface area contributed by atoms with E-state index in [9.17, 15) is 4.39 Å². The molecule has 0 heterocycles. The molecule has 0 saturated carbocycles. The van der Waals surface area contributed by atoms with Gasteiger partial charge in [0.1, 0.15) is 5.82 Å². The van der Waals surface area contributed by atoms with Gasteiger partial charge in [-0.05, 0) is 49.0 Å². The van der Waals surface area contributed by atoms with Gasteiger partial charge in [0.15, 0.2) is 0 Å². The molecule has 0 atom stereocenters. The van der Waals surface area contributed by atoms with Gasteiger partial charge in [-0.25, -0.2) is 4.39 Å². The number of rotatable bonds is 4. The standard InChI is InChI=1S/C15H16ClFN2/c1-18-10-11-3-6-14(9-15(11)16)19(2)13-7-4-12(17)5-8-13/h3-9,18H,10H2,1-2H3. The van der Waals surface area contributed by atoms with Gasteiger partial charge in [-0.15, -0.1) is 0 Å². The summed E-state index contributed by atoms with van der Waals surface area (Å²) in [7, 11) is 3.81. The van der Waals surface area contributed by atoms with Gasteiger partial charge in [0.05, 0.1) is 0 Å². The Morgan fingerprint density at radius 3 is 2.32 bits per heavy atom. The third kappa shape index (κ3) is 3.25. The summed E-state index contributed by atoms with van der Waals surface area (Å²) in [6.45, 7) is 0.735. The summed E-state index contributed by atoms with van der Waals surface area (Å²) in [4.78, 5) is 1.97. The van der Waals surface area contributed by atoms with Gasteiger partial charge in [0.2, 0.25) is 0 Å². The van der Waals surface area contributed by atoms with Gasteiger partial charge in [-0.1, -0.05) is 17.7 Å². The average Bonchev–Trinajstić information content (AvgIpc) is 2.41. The lowest BCUT2D eigenvalue weighted by atomic mass is 10.2. The van der Waals surface area contributed by atoms with Crippen molar-refractivity contribution in [1.82, 2.24) is 5.32 Å². The quantitative estimate of drug-likeness (QED) is 0.910. The minimum absolute atomic E-state index is 0.237. The van der Waals surface area contributed by atoms with E-state index in [1.54, 1.807) is 12.1 Å². The van der Waals surface area contributed by atoms with E-state index in [4.69, 9.17) is 11.6 Å². The second kappa shape index (κ2) is 6.04. The first-order valence-corrected chi connectivity index (χ1v) is 6.42. The van der Waals surface area contributed by atoms with Crippen LogP contribution in [0.1, 0.15) is 5.56 Å². The van der Waals surface area contributed by atoms with Crippen LogP contribution < -0.4 is 10.2 Å². The molecule has 100 valence electrons. The molecule has 19 heavy (non-hydrogen) atoms. The largest absolute Gasteiger partial charge is 0.345 e. The van der Waals surface area contributed by atoms with Crippen molar-refractivity contribution in [1.29, 1.82) is 0 Å². The van der Waals surface area contributed by atoms with E-state index in [1.165, 1.54) is 12.1 Å². The first-order chi connectivity index (χ1) is 9.11. The van der Waals surface area contributed by atoms with Gasteiger partial charge in [-0.3, -0.25) is 0 Å². The maximum atomic E-state index is 12.9. The lowest BCUT2D eigenvalue weighted by Gasteiger charge is -2.20. The SMILES string of the molecule is CNCc1ccc(N(C)c2ccc(F)cc2)cc1Cl. The van der Waals surface area contributed by atoms with E-state index in [2.05, 4.69) is 5.32 Å². The van der Waals surface area contributed by atoms with E-state index in [0.717, 1.165) is 28.5 Å². The summed E-state index contributed by atoms with van der Waals surface area (Å²) in [6.07, 6.45) is 0. The normalized spacial score (nSPS) is 10.5. The Morgan fingerprint density at radius 2 is 1.74 bits per heavy atom. The Balaban J connectivity index is 2.26. The molecule has 0 aliphatic rings. The summed E-state index contributed by atoms with van der Waals surface area (Å²) in [6, 6.07) is 12.3. The second-order valence-electron chi connectivity index (χ2n) is 4.34. The maximum absolute atomic E-state index is 12.9. The van der Waals surface area contributed by atoms with Gasteiger partial charge in [-0.2, -0.15) is 0 Å². The molecule has 0 spiro atoms. The van der Waals surface area contributed by atoms with Gasteiger partial charge in [0, 0.05) is 30.0 Å². The highest BCUT2D eigenvalue weighted by Crippen LogP contribution is 2.28. The minimum Gasteiger partial charge on any atom is -0.345 e. The van der Waals surface area contributed by atoms with Crippen LogP contribution in [0.15, 0.2) is 42.5 Å². The number of halogens is 2. The number of hydrogen-bond donors (Lipinski definition) is 1. The van der Waals surface area contributed by atoms with Crippen LogP contribution in [0.2, 0.25) is 5.02 Å². The van der Waals surface area contributed by atoms with E-state index in [1.807, 2.05) is 37.2 Å². The number of nitrogens with zero attached hydrogens (tertiary/aromatic N) is 1. The fraction of sp³-hybridized carbons (Fsp3) is 0.200. The molecule has 0 radical (unpaired) electrons. The van der Waals surface area contributed by atoms with Crippen molar-refractivity contribution in [2.45, 2.75) is 6.54 Å². The summed E-state index contributed by atoms with van der Waals surface area (Å²) in [5, 5.41) is 3.79. The zero-order chi connectivity index (χ0) is 13.8. The predicted octanol–water partition coefficient (Wildman–Crippen LogP) is 3.97. The van der Waals surface area contributed by atoms with Crippen LogP contribution in [0, 0.1) is 5.82 Å². The van der Waals surface area contributed by atoms with Crippen molar-refractivity contribution in [3.05, 3.63) is 58.9 Å². The van der Waals surface area contributed by atoms with Crippen LogP contribution in [0.25, 0.3) is 0 Å². The van der Waals surface area contributed by atoms with Crippen LogP contribution in [0.5, 0.6) is 0 Å². The zero-order valence-corrected chi connectivity index (χ0v) is 11.7. The highest BCUT2D eigenvalue weighted by Gasteiger charge is 2.07. The minimum atomic E-state index is -0.237. The van der Waals surface area contributed by atoms with Crippen LogP contribution >= 0.6 is 11.6 Å². The molecular formula is C15H16ClFN2. The number of anilines is 2. The molecular weight excluding hydrogens is 263 g/mol. The van der Waals surface area contributed by atoms with Gasteiger partial charge in [0.25, 0.3) is 0 Å². The molecule has 0 aliphatic carbocycles. The zero-order valence-electron chi connectivity index (χ0n) is 11.0. The first kappa shape index (κ1) is 13.8. The Morgan fingerprint density at radius 1 is 1.11 bits per heavy atom. The Kier molecular flexibility index (Phi) is 4.40. The van der Waals surface area contributed by atoms with Crippen LogP contribution in [0.3, 0.4) is 0 Å². The molecule has 0 fully saturated rings. The van der Waals surface area contributed by atoms with Crippen molar-refractivity contribution >= 4 is 23.0 Å². The molecule has 0 aromatic heterocycles. The molecule has 0 amide bonds. The second-order valence-corrected chi connectivity index (χ2v) is 4.75. The first-order valence-electron chi connectivity index (χ1n) is 6.04. The highest BCUT2D eigenvalue weighted by molar-refractivity contribution is 6.31.